The van der Waals surface area contributed by atoms with Crippen molar-refractivity contribution < 1.29 is 13.2 Å². The highest BCUT2D eigenvalue weighted by Gasteiger charge is 2.33. The van der Waals surface area contributed by atoms with Crippen molar-refractivity contribution in [2.24, 2.45) is 16.8 Å². The molecular formula is C20H34F3N5S. The molecule has 1 aliphatic rings. The highest BCUT2D eigenvalue weighted by molar-refractivity contribution is 7.09. The van der Waals surface area contributed by atoms with Crippen molar-refractivity contribution >= 4 is 17.3 Å². The minimum absolute atomic E-state index is 0.441. The van der Waals surface area contributed by atoms with Crippen LogP contribution in [0.1, 0.15) is 50.7 Å². The third-order valence-electron chi connectivity index (χ3n) is 4.91. The number of hydrogen-bond donors (Lipinski definition) is 2. The zero-order valence-corrected chi connectivity index (χ0v) is 18.5. The molecule has 0 aromatic carbocycles. The lowest BCUT2D eigenvalue weighted by molar-refractivity contribution is -0.140. The predicted molar refractivity (Wildman–Crippen MR) is 113 cm³/mol. The molecule has 0 amide bonds. The third kappa shape index (κ3) is 8.90. The van der Waals surface area contributed by atoms with Crippen molar-refractivity contribution in [1.29, 1.82) is 0 Å². The minimum Gasteiger partial charge on any atom is -0.357 e. The van der Waals surface area contributed by atoms with Gasteiger partial charge in [0.2, 0.25) is 0 Å². The van der Waals surface area contributed by atoms with E-state index in [1.165, 1.54) is 19.5 Å². The Morgan fingerprint density at radius 1 is 1.24 bits per heavy atom. The molecule has 2 N–H and O–H groups in total. The van der Waals surface area contributed by atoms with Gasteiger partial charge in [-0.15, -0.1) is 11.3 Å². The van der Waals surface area contributed by atoms with E-state index in [2.05, 4.69) is 39.4 Å². The maximum Gasteiger partial charge on any atom is 0.434 e. The van der Waals surface area contributed by atoms with Gasteiger partial charge in [0.25, 0.3) is 0 Å². The molecule has 2 unspecified atom stereocenters. The summed E-state index contributed by atoms with van der Waals surface area (Å²) < 4.78 is 37.8. The Morgan fingerprint density at radius 3 is 2.59 bits per heavy atom. The van der Waals surface area contributed by atoms with Gasteiger partial charge in [0.1, 0.15) is 0 Å². The number of nitrogens with zero attached hydrogens (tertiary/aromatic N) is 3. The molecule has 2 rings (SSSR count). The van der Waals surface area contributed by atoms with Crippen molar-refractivity contribution in [3.8, 4) is 0 Å². The molecule has 166 valence electrons. The van der Waals surface area contributed by atoms with E-state index < -0.39 is 11.9 Å². The lowest BCUT2D eigenvalue weighted by atomic mass is 9.92. The lowest BCUT2D eigenvalue weighted by Crippen LogP contribution is -2.39. The summed E-state index contributed by atoms with van der Waals surface area (Å²) in [6.45, 7) is 12.2. The van der Waals surface area contributed by atoms with Gasteiger partial charge < -0.3 is 15.5 Å². The van der Waals surface area contributed by atoms with Gasteiger partial charge in [0.15, 0.2) is 11.7 Å². The van der Waals surface area contributed by atoms with Crippen molar-refractivity contribution in [1.82, 2.24) is 20.5 Å². The first-order chi connectivity index (χ1) is 13.8. The third-order valence-corrected chi connectivity index (χ3v) is 5.82. The zero-order chi connectivity index (χ0) is 21.3. The average Bonchev–Trinajstić information content (AvgIpc) is 3.10. The Kier molecular flexibility index (Phi) is 9.68. The number of piperidine rings is 1. The van der Waals surface area contributed by atoms with Crippen molar-refractivity contribution in [3.05, 3.63) is 16.1 Å². The van der Waals surface area contributed by atoms with Crippen molar-refractivity contribution in [2.75, 3.05) is 39.3 Å². The van der Waals surface area contributed by atoms with Crippen LogP contribution in [-0.4, -0.2) is 55.1 Å². The van der Waals surface area contributed by atoms with E-state index in [1.807, 2.05) is 6.92 Å². The standard InChI is InChI=1S/C20H34F3N5S/c1-4-24-19(26-9-7-18-27-17(14-29-18)20(21,22)23)25-8-5-6-10-28-12-15(2)11-16(3)13-28/h14-16H,4-13H2,1-3H3,(H2,24,25,26). The molecule has 0 aliphatic carbocycles. The van der Waals surface area contributed by atoms with Crippen LogP contribution in [-0.2, 0) is 12.6 Å². The second kappa shape index (κ2) is 11.7. The fourth-order valence-electron chi connectivity index (χ4n) is 3.80. The molecule has 0 radical (unpaired) electrons. The molecule has 2 heterocycles. The Labute approximate surface area is 176 Å². The second-order valence-corrected chi connectivity index (χ2v) is 8.92. The summed E-state index contributed by atoms with van der Waals surface area (Å²) in [7, 11) is 0. The van der Waals surface area contributed by atoms with Crippen LogP contribution in [0, 0.1) is 11.8 Å². The molecule has 9 heteroatoms. The van der Waals surface area contributed by atoms with Crippen molar-refractivity contribution in [2.45, 2.75) is 52.6 Å². The maximum absolute atomic E-state index is 12.6. The molecule has 5 nitrogen and oxygen atoms in total. The Bertz CT molecular complexity index is 622. The Hall–Kier alpha value is -1.35. The van der Waals surface area contributed by atoms with Gasteiger partial charge in [-0.05, 0) is 44.6 Å². The fraction of sp³-hybridized carbons (Fsp3) is 0.800. The monoisotopic (exact) mass is 433 g/mol. The summed E-state index contributed by atoms with van der Waals surface area (Å²) in [4.78, 5) is 10.8. The summed E-state index contributed by atoms with van der Waals surface area (Å²) in [6.07, 6.45) is -0.449. The first-order valence-electron chi connectivity index (χ1n) is 10.5. The minimum atomic E-state index is -4.37. The van der Waals surface area contributed by atoms with E-state index in [0.29, 0.717) is 23.9 Å². The predicted octanol–water partition coefficient (Wildman–Crippen LogP) is 4.02. The first-order valence-corrected chi connectivity index (χ1v) is 11.4. The van der Waals surface area contributed by atoms with Crippen LogP contribution in [0.25, 0.3) is 0 Å². The lowest BCUT2D eigenvalue weighted by Gasteiger charge is -2.34. The molecule has 29 heavy (non-hydrogen) atoms. The number of rotatable bonds is 9. The first kappa shape index (κ1) is 23.9. The van der Waals surface area contributed by atoms with E-state index in [1.54, 1.807) is 0 Å². The van der Waals surface area contributed by atoms with Crippen LogP contribution in [0.2, 0.25) is 0 Å². The highest BCUT2D eigenvalue weighted by atomic mass is 32.1. The number of likely N-dealkylation sites (tertiary alicyclic amines) is 1. The van der Waals surface area contributed by atoms with Gasteiger partial charge in [-0.3, -0.25) is 4.99 Å². The van der Waals surface area contributed by atoms with E-state index >= 15 is 0 Å². The molecule has 2 atom stereocenters. The van der Waals surface area contributed by atoms with Crippen LogP contribution >= 0.6 is 11.3 Å². The number of alkyl halides is 3. The summed E-state index contributed by atoms with van der Waals surface area (Å²) in [5.41, 5.74) is -0.810. The number of aromatic nitrogens is 1. The Morgan fingerprint density at radius 2 is 1.97 bits per heavy atom. The molecule has 1 aliphatic heterocycles. The zero-order valence-electron chi connectivity index (χ0n) is 17.7. The maximum atomic E-state index is 12.6. The SMILES string of the molecule is CCNC(=NCCCCN1CC(C)CC(C)C1)NCCc1nc(C(F)(F)F)cs1. The van der Waals surface area contributed by atoms with Crippen LogP contribution in [0.15, 0.2) is 10.4 Å². The molecule has 1 fully saturated rings. The van der Waals surface area contributed by atoms with E-state index in [0.717, 1.165) is 61.0 Å². The van der Waals surface area contributed by atoms with Gasteiger partial charge >= 0.3 is 6.18 Å². The molecule has 1 aromatic rings. The topological polar surface area (TPSA) is 52.6 Å². The van der Waals surface area contributed by atoms with E-state index in [4.69, 9.17) is 0 Å². The number of hydrogen-bond acceptors (Lipinski definition) is 4. The summed E-state index contributed by atoms with van der Waals surface area (Å²) in [6, 6.07) is 0. The van der Waals surface area contributed by atoms with Crippen LogP contribution in [0.4, 0.5) is 13.2 Å². The number of thiazole rings is 1. The second-order valence-electron chi connectivity index (χ2n) is 7.97. The smallest absolute Gasteiger partial charge is 0.357 e. The molecular weight excluding hydrogens is 399 g/mol. The normalized spacial score (nSPS) is 21.4. The summed E-state index contributed by atoms with van der Waals surface area (Å²) in [5, 5.41) is 7.91. The number of unbranched alkanes of at least 4 members (excludes halogenated alkanes) is 1. The summed E-state index contributed by atoms with van der Waals surface area (Å²) in [5.74, 6) is 2.28. The van der Waals surface area contributed by atoms with E-state index in [9.17, 15) is 13.2 Å². The van der Waals surface area contributed by atoms with Gasteiger partial charge in [0, 0.05) is 44.5 Å². The number of aliphatic imine (C=N–C) groups is 1. The van der Waals surface area contributed by atoms with Gasteiger partial charge in [-0.1, -0.05) is 13.8 Å². The molecule has 1 saturated heterocycles. The molecule has 0 saturated carbocycles. The van der Waals surface area contributed by atoms with Crippen LogP contribution in [0.3, 0.4) is 0 Å². The van der Waals surface area contributed by atoms with E-state index in [-0.39, 0.29) is 0 Å². The van der Waals surface area contributed by atoms with Crippen LogP contribution < -0.4 is 10.6 Å². The summed E-state index contributed by atoms with van der Waals surface area (Å²) >= 11 is 1.04. The number of halogens is 3. The van der Waals surface area contributed by atoms with Crippen molar-refractivity contribution in [3.63, 3.8) is 0 Å². The Balaban J connectivity index is 1.67. The molecule has 1 aromatic heterocycles. The fourth-order valence-corrected chi connectivity index (χ4v) is 4.60. The quantitative estimate of drug-likeness (QED) is 0.351. The largest absolute Gasteiger partial charge is 0.434 e. The van der Waals surface area contributed by atoms with Gasteiger partial charge in [0.05, 0.1) is 5.01 Å². The number of guanidine groups is 1. The molecule has 0 spiro atoms. The number of nitrogens with one attached hydrogen (secondary N) is 2. The van der Waals surface area contributed by atoms with Gasteiger partial charge in [-0.2, -0.15) is 13.2 Å². The van der Waals surface area contributed by atoms with Gasteiger partial charge in [-0.25, -0.2) is 4.98 Å². The molecule has 0 bridgehead atoms. The highest BCUT2D eigenvalue weighted by Crippen LogP contribution is 2.30. The van der Waals surface area contributed by atoms with Crippen LogP contribution in [0.5, 0.6) is 0 Å². The average molecular weight is 434 g/mol.